The molecule has 1 amide bonds. The van der Waals surface area contributed by atoms with Crippen LogP contribution in [-0.2, 0) is 0 Å². The first kappa shape index (κ1) is 15.9. The Labute approximate surface area is 131 Å². The third-order valence-electron chi connectivity index (χ3n) is 3.32. The van der Waals surface area contributed by atoms with Crippen molar-refractivity contribution in [3.05, 3.63) is 48.3 Å². The average molecular weight is 298 g/mol. The van der Waals surface area contributed by atoms with Gasteiger partial charge in [-0.15, -0.1) is 0 Å². The second kappa shape index (κ2) is 8.12. The van der Waals surface area contributed by atoms with Crippen molar-refractivity contribution in [2.75, 3.05) is 23.3 Å². The lowest BCUT2D eigenvalue weighted by Crippen LogP contribution is -2.31. The van der Waals surface area contributed by atoms with Crippen molar-refractivity contribution in [2.45, 2.75) is 26.7 Å². The topological polar surface area (TPSA) is 58.1 Å². The molecule has 0 aliphatic rings. The Kier molecular flexibility index (Phi) is 5.89. The lowest BCUT2D eigenvalue weighted by atomic mass is 10.2. The molecule has 0 aliphatic carbocycles. The van der Waals surface area contributed by atoms with Gasteiger partial charge in [-0.1, -0.05) is 31.5 Å². The van der Waals surface area contributed by atoms with E-state index in [1.165, 1.54) is 0 Å². The molecule has 1 N–H and O–H groups in total. The Balaban J connectivity index is 2.15. The lowest BCUT2D eigenvalue weighted by Gasteiger charge is -2.20. The molecule has 1 aromatic carbocycles. The summed E-state index contributed by atoms with van der Waals surface area (Å²) in [6.45, 7) is 5.48. The van der Waals surface area contributed by atoms with E-state index in [2.05, 4.69) is 22.2 Å². The highest BCUT2D eigenvalue weighted by Crippen LogP contribution is 2.16. The first-order valence-corrected chi connectivity index (χ1v) is 7.70. The Morgan fingerprint density at radius 1 is 1.18 bits per heavy atom. The summed E-state index contributed by atoms with van der Waals surface area (Å²) in [6.07, 6.45) is 3.77. The van der Waals surface area contributed by atoms with Crippen molar-refractivity contribution in [3.63, 3.8) is 0 Å². The van der Waals surface area contributed by atoms with Gasteiger partial charge in [0.05, 0.1) is 0 Å². The maximum Gasteiger partial charge on any atom is 0.277 e. The van der Waals surface area contributed by atoms with E-state index in [-0.39, 0.29) is 5.91 Å². The van der Waals surface area contributed by atoms with Gasteiger partial charge in [0, 0.05) is 25.0 Å². The van der Waals surface area contributed by atoms with Crippen LogP contribution in [0.25, 0.3) is 0 Å². The minimum Gasteiger partial charge on any atom is -0.354 e. The molecule has 0 radical (unpaired) electrons. The minimum atomic E-state index is -0.116. The quantitative estimate of drug-likeness (QED) is 0.796. The van der Waals surface area contributed by atoms with Gasteiger partial charge in [0.1, 0.15) is 5.69 Å². The van der Waals surface area contributed by atoms with Crippen LogP contribution in [0.4, 0.5) is 11.6 Å². The number of benzene rings is 1. The first-order valence-electron chi connectivity index (χ1n) is 7.70. The fourth-order valence-corrected chi connectivity index (χ4v) is 2.13. The van der Waals surface area contributed by atoms with Gasteiger partial charge in [-0.2, -0.15) is 0 Å². The molecule has 5 nitrogen and oxygen atoms in total. The number of hydrogen-bond acceptors (Lipinski definition) is 4. The van der Waals surface area contributed by atoms with E-state index in [1.54, 1.807) is 17.2 Å². The molecule has 1 heterocycles. The predicted octanol–water partition coefficient (Wildman–Crippen LogP) is 3.36. The lowest BCUT2D eigenvalue weighted by molar-refractivity contribution is 0.0983. The number of hydrogen-bond donors (Lipinski definition) is 1. The fraction of sp³-hybridized carbons (Fsp3) is 0.353. The zero-order chi connectivity index (χ0) is 15.8. The molecule has 0 fully saturated rings. The largest absolute Gasteiger partial charge is 0.354 e. The van der Waals surface area contributed by atoms with Crippen LogP contribution in [0.5, 0.6) is 0 Å². The van der Waals surface area contributed by atoms with Crippen molar-refractivity contribution in [1.29, 1.82) is 0 Å². The highest BCUT2D eigenvalue weighted by atomic mass is 16.2. The van der Waals surface area contributed by atoms with E-state index in [9.17, 15) is 4.79 Å². The van der Waals surface area contributed by atoms with E-state index < -0.39 is 0 Å². The van der Waals surface area contributed by atoms with E-state index in [1.807, 2.05) is 37.3 Å². The summed E-state index contributed by atoms with van der Waals surface area (Å²) in [6, 6.07) is 11.3. The van der Waals surface area contributed by atoms with Gasteiger partial charge in [-0.25, -0.2) is 9.97 Å². The average Bonchev–Trinajstić information content (AvgIpc) is 2.57. The van der Waals surface area contributed by atoms with Crippen LogP contribution in [0.15, 0.2) is 42.6 Å². The Morgan fingerprint density at radius 2 is 1.95 bits per heavy atom. The molecule has 0 unspecified atom stereocenters. The molecule has 0 atom stereocenters. The highest BCUT2D eigenvalue weighted by Gasteiger charge is 2.17. The second-order valence-electron chi connectivity index (χ2n) is 4.93. The predicted molar refractivity (Wildman–Crippen MR) is 89.2 cm³/mol. The van der Waals surface area contributed by atoms with Gasteiger partial charge >= 0.3 is 0 Å². The van der Waals surface area contributed by atoms with E-state index in [0.29, 0.717) is 18.2 Å². The van der Waals surface area contributed by atoms with Gasteiger partial charge in [-0.05, 0) is 31.5 Å². The van der Waals surface area contributed by atoms with Gasteiger partial charge in [-0.3, -0.25) is 4.79 Å². The zero-order valence-electron chi connectivity index (χ0n) is 13.1. The molecular weight excluding hydrogens is 276 g/mol. The van der Waals surface area contributed by atoms with E-state index in [4.69, 9.17) is 0 Å². The second-order valence-corrected chi connectivity index (χ2v) is 4.93. The summed E-state index contributed by atoms with van der Waals surface area (Å²) in [5.41, 5.74) is 1.27. The summed E-state index contributed by atoms with van der Waals surface area (Å²) < 4.78 is 0. The number of anilines is 2. The summed E-state index contributed by atoms with van der Waals surface area (Å²) in [5.74, 6) is 0.387. The van der Waals surface area contributed by atoms with Crippen LogP contribution in [0.3, 0.4) is 0 Å². The van der Waals surface area contributed by atoms with Crippen LogP contribution in [0, 0.1) is 0 Å². The van der Waals surface area contributed by atoms with Crippen LogP contribution in [0.1, 0.15) is 37.2 Å². The summed E-state index contributed by atoms with van der Waals surface area (Å²) in [4.78, 5) is 22.9. The summed E-state index contributed by atoms with van der Waals surface area (Å²) in [5, 5.41) is 3.14. The van der Waals surface area contributed by atoms with Gasteiger partial charge in [0.25, 0.3) is 5.91 Å². The summed E-state index contributed by atoms with van der Waals surface area (Å²) in [7, 11) is 0. The number of aromatic nitrogens is 2. The Bertz CT molecular complexity index is 601. The van der Waals surface area contributed by atoms with Gasteiger partial charge in [0.2, 0.25) is 5.95 Å². The normalized spacial score (nSPS) is 10.3. The molecule has 5 heteroatoms. The maximum absolute atomic E-state index is 12.7. The molecule has 0 saturated carbocycles. The highest BCUT2D eigenvalue weighted by molar-refractivity contribution is 6.04. The monoisotopic (exact) mass is 298 g/mol. The third kappa shape index (κ3) is 4.04. The van der Waals surface area contributed by atoms with Crippen molar-refractivity contribution in [2.24, 2.45) is 0 Å². The number of carbonyl (C=O) groups is 1. The molecule has 0 spiro atoms. The van der Waals surface area contributed by atoms with Crippen molar-refractivity contribution >= 4 is 17.5 Å². The molecule has 2 aromatic rings. The molecular formula is C17H22N4O. The number of nitrogens with one attached hydrogen (secondary N) is 1. The number of carbonyl (C=O) groups excluding carboxylic acids is 1. The summed E-state index contributed by atoms with van der Waals surface area (Å²) >= 11 is 0. The number of amides is 1. The Morgan fingerprint density at radius 3 is 2.64 bits per heavy atom. The van der Waals surface area contributed by atoms with Gasteiger partial charge in [0.15, 0.2) is 0 Å². The SMILES string of the molecule is CCCCNc1nccc(C(=O)N(CC)c2ccccc2)n1. The third-order valence-corrected chi connectivity index (χ3v) is 3.32. The van der Waals surface area contributed by atoms with Crippen molar-refractivity contribution in [1.82, 2.24) is 9.97 Å². The number of unbranched alkanes of at least 4 members (excludes halogenated alkanes) is 1. The number of rotatable bonds is 7. The van der Waals surface area contributed by atoms with Crippen LogP contribution in [0.2, 0.25) is 0 Å². The maximum atomic E-state index is 12.7. The molecule has 22 heavy (non-hydrogen) atoms. The number of nitrogens with zero attached hydrogens (tertiary/aromatic N) is 3. The molecule has 2 rings (SSSR count). The van der Waals surface area contributed by atoms with Crippen LogP contribution < -0.4 is 10.2 Å². The van der Waals surface area contributed by atoms with Gasteiger partial charge < -0.3 is 10.2 Å². The van der Waals surface area contributed by atoms with E-state index >= 15 is 0 Å². The first-order chi connectivity index (χ1) is 10.8. The van der Waals surface area contributed by atoms with Crippen LogP contribution in [-0.4, -0.2) is 29.0 Å². The molecule has 116 valence electrons. The molecule has 0 aliphatic heterocycles. The minimum absolute atomic E-state index is 0.116. The smallest absolute Gasteiger partial charge is 0.277 e. The Hall–Kier alpha value is -2.43. The number of para-hydroxylation sites is 1. The molecule has 1 aromatic heterocycles. The molecule has 0 bridgehead atoms. The standard InChI is InChI=1S/C17H22N4O/c1-3-5-12-18-17-19-13-11-15(20-17)16(22)21(4-2)14-9-7-6-8-10-14/h6-11,13H,3-5,12H2,1-2H3,(H,18,19,20). The van der Waals surface area contributed by atoms with Crippen molar-refractivity contribution < 1.29 is 4.79 Å². The van der Waals surface area contributed by atoms with E-state index in [0.717, 1.165) is 25.1 Å². The zero-order valence-corrected chi connectivity index (χ0v) is 13.1. The van der Waals surface area contributed by atoms with Crippen LogP contribution >= 0.6 is 0 Å². The van der Waals surface area contributed by atoms with Crippen molar-refractivity contribution in [3.8, 4) is 0 Å². The fourth-order valence-electron chi connectivity index (χ4n) is 2.13. The molecule has 0 saturated heterocycles.